The number of hydrogen-bond acceptors (Lipinski definition) is 6. The van der Waals surface area contributed by atoms with Crippen LogP contribution < -0.4 is 11.1 Å². The Morgan fingerprint density at radius 1 is 1.29 bits per heavy atom. The molecule has 0 spiro atoms. The van der Waals surface area contributed by atoms with E-state index < -0.39 is 0 Å². The molecule has 1 amide bonds. The molecule has 1 unspecified atom stereocenters. The minimum absolute atomic E-state index is 0.191. The molecule has 2 aliphatic rings. The third-order valence-corrected chi connectivity index (χ3v) is 5.39. The third kappa shape index (κ3) is 3.11. The van der Waals surface area contributed by atoms with Gasteiger partial charge in [0.25, 0.3) is 0 Å². The van der Waals surface area contributed by atoms with E-state index in [9.17, 15) is 4.79 Å². The minimum atomic E-state index is 0.191. The topological polar surface area (TPSA) is 97.0 Å². The van der Waals surface area contributed by atoms with Gasteiger partial charge in [0.1, 0.15) is 5.82 Å². The average Bonchev–Trinajstić information content (AvgIpc) is 3.43. The molecule has 8 heteroatoms. The first-order chi connectivity index (χ1) is 11.6. The van der Waals surface area contributed by atoms with Gasteiger partial charge in [0.2, 0.25) is 11.9 Å². The van der Waals surface area contributed by atoms with Gasteiger partial charge in [-0.25, -0.2) is 15.0 Å². The lowest BCUT2D eigenvalue weighted by Crippen LogP contribution is -2.45. The van der Waals surface area contributed by atoms with E-state index in [-0.39, 0.29) is 12.0 Å². The van der Waals surface area contributed by atoms with E-state index in [2.05, 4.69) is 42.9 Å². The SMILES string of the molecule is Nc1ncc(I)c2nc(NC3CCCN(C(=O)C4CC4)C3)ncc12. The monoisotopic (exact) mass is 438 g/mol. The van der Waals surface area contributed by atoms with Crippen LogP contribution >= 0.6 is 22.6 Å². The number of likely N-dealkylation sites (tertiary alicyclic amines) is 1. The number of nitrogens with two attached hydrogens (primary N) is 1. The molecular weight excluding hydrogens is 419 g/mol. The van der Waals surface area contributed by atoms with Gasteiger partial charge < -0.3 is 16.0 Å². The lowest BCUT2D eigenvalue weighted by atomic mass is 10.1. The van der Waals surface area contributed by atoms with Gasteiger partial charge in [-0.15, -0.1) is 0 Å². The Kier molecular flexibility index (Phi) is 4.15. The second-order valence-corrected chi connectivity index (χ2v) is 7.65. The van der Waals surface area contributed by atoms with Crippen LogP contribution in [0.25, 0.3) is 10.9 Å². The highest BCUT2D eigenvalue weighted by atomic mass is 127. The first-order valence-electron chi connectivity index (χ1n) is 8.24. The fraction of sp³-hybridized carbons (Fsp3) is 0.500. The van der Waals surface area contributed by atoms with Gasteiger partial charge in [-0.1, -0.05) is 0 Å². The van der Waals surface area contributed by atoms with Crippen molar-refractivity contribution in [2.75, 3.05) is 24.1 Å². The number of amides is 1. The number of fused-ring (bicyclic) bond motifs is 1. The van der Waals surface area contributed by atoms with E-state index in [1.165, 1.54) is 0 Å². The van der Waals surface area contributed by atoms with Crippen molar-refractivity contribution < 1.29 is 4.79 Å². The summed E-state index contributed by atoms with van der Waals surface area (Å²) in [6.07, 6.45) is 7.56. The maximum Gasteiger partial charge on any atom is 0.225 e. The van der Waals surface area contributed by atoms with Gasteiger partial charge in [-0.3, -0.25) is 4.79 Å². The summed E-state index contributed by atoms with van der Waals surface area (Å²) in [5.41, 5.74) is 6.69. The molecule has 3 heterocycles. The molecule has 1 atom stereocenters. The van der Waals surface area contributed by atoms with E-state index in [0.717, 1.165) is 53.2 Å². The van der Waals surface area contributed by atoms with Gasteiger partial charge in [0.15, 0.2) is 0 Å². The lowest BCUT2D eigenvalue weighted by Gasteiger charge is -2.33. The Balaban J connectivity index is 1.51. The number of nitrogen functional groups attached to an aromatic ring is 1. The molecular formula is C16H19IN6O. The Morgan fingerprint density at radius 3 is 2.92 bits per heavy atom. The smallest absolute Gasteiger partial charge is 0.225 e. The summed E-state index contributed by atoms with van der Waals surface area (Å²) in [5, 5.41) is 4.15. The van der Waals surface area contributed by atoms with E-state index in [1.807, 2.05) is 4.90 Å². The second kappa shape index (κ2) is 6.30. The predicted octanol–water partition coefficient (Wildman–Crippen LogP) is 2.02. The van der Waals surface area contributed by atoms with E-state index >= 15 is 0 Å². The summed E-state index contributed by atoms with van der Waals surface area (Å²) in [5.74, 6) is 1.61. The van der Waals surface area contributed by atoms with Gasteiger partial charge in [-0.05, 0) is 48.3 Å². The molecule has 1 saturated carbocycles. The van der Waals surface area contributed by atoms with Crippen molar-refractivity contribution in [2.45, 2.75) is 31.7 Å². The fourth-order valence-electron chi connectivity index (χ4n) is 3.14. The number of halogens is 1. The average molecular weight is 438 g/mol. The number of anilines is 2. The van der Waals surface area contributed by atoms with E-state index in [1.54, 1.807) is 12.4 Å². The fourth-order valence-corrected chi connectivity index (χ4v) is 3.69. The molecule has 0 radical (unpaired) electrons. The number of pyridine rings is 1. The van der Waals surface area contributed by atoms with Gasteiger partial charge in [0, 0.05) is 37.4 Å². The molecule has 24 heavy (non-hydrogen) atoms. The van der Waals surface area contributed by atoms with Crippen LogP contribution in [0.3, 0.4) is 0 Å². The molecule has 1 aliphatic carbocycles. The zero-order valence-electron chi connectivity index (χ0n) is 13.2. The van der Waals surface area contributed by atoms with Gasteiger partial charge in [-0.2, -0.15) is 0 Å². The molecule has 0 bridgehead atoms. The van der Waals surface area contributed by atoms with Crippen molar-refractivity contribution in [3.8, 4) is 0 Å². The van der Waals surface area contributed by atoms with Crippen LogP contribution in [0.4, 0.5) is 11.8 Å². The number of carbonyl (C=O) groups excluding carboxylic acids is 1. The number of nitrogens with zero attached hydrogens (tertiary/aromatic N) is 4. The molecule has 4 rings (SSSR count). The molecule has 7 nitrogen and oxygen atoms in total. The van der Waals surface area contributed by atoms with Crippen LogP contribution in [0, 0.1) is 9.49 Å². The minimum Gasteiger partial charge on any atom is -0.383 e. The number of aromatic nitrogens is 3. The zero-order valence-corrected chi connectivity index (χ0v) is 15.4. The number of carbonyl (C=O) groups is 1. The van der Waals surface area contributed by atoms with Crippen LogP contribution in [0.2, 0.25) is 0 Å². The first-order valence-corrected chi connectivity index (χ1v) is 9.32. The molecule has 2 fully saturated rings. The highest BCUT2D eigenvalue weighted by molar-refractivity contribution is 14.1. The molecule has 3 N–H and O–H groups in total. The maximum atomic E-state index is 12.3. The third-order valence-electron chi connectivity index (χ3n) is 4.60. The summed E-state index contributed by atoms with van der Waals surface area (Å²) < 4.78 is 0.941. The summed E-state index contributed by atoms with van der Waals surface area (Å²) in [6.45, 7) is 1.60. The van der Waals surface area contributed by atoms with Crippen molar-refractivity contribution in [3.63, 3.8) is 0 Å². The summed E-state index contributed by atoms with van der Waals surface area (Å²) in [7, 11) is 0. The molecule has 0 aromatic carbocycles. The zero-order chi connectivity index (χ0) is 16.7. The molecule has 1 saturated heterocycles. The van der Waals surface area contributed by atoms with Crippen LogP contribution in [0.15, 0.2) is 12.4 Å². The summed E-state index contributed by atoms with van der Waals surface area (Å²) >= 11 is 2.20. The maximum absolute atomic E-state index is 12.3. The van der Waals surface area contributed by atoms with Gasteiger partial charge in [0.05, 0.1) is 14.5 Å². The predicted molar refractivity (Wildman–Crippen MR) is 100 cm³/mol. The number of hydrogen-bond donors (Lipinski definition) is 2. The standard InChI is InChI=1S/C16H19IN6O/c17-12-7-19-14(18)11-6-20-16(22-13(11)12)21-10-2-1-5-23(8-10)15(24)9-3-4-9/h6-7,9-10H,1-5,8H2,(H2,18,19)(H,20,21,22). The number of piperidine rings is 1. The molecule has 126 valence electrons. The van der Waals surface area contributed by atoms with Crippen molar-refractivity contribution in [1.29, 1.82) is 0 Å². The molecule has 2 aromatic rings. The molecule has 2 aromatic heterocycles. The highest BCUT2D eigenvalue weighted by Gasteiger charge is 2.35. The Morgan fingerprint density at radius 2 is 2.12 bits per heavy atom. The van der Waals surface area contributed by atoms with Crippen LogP contribution in [0.1, 0.15) is 25.7 Å². The first kappa shape index (κ1) is 15.8. The van der Waals surface area contributed by atoms with E-state index in [4.69, 9.17) is 5.73 Å². The largest absolute Gasteiger partial charge is 0.383 e. The Hall–Kier alpha value is -1.71. The number of nitrogens with one attached hydrogen (secondary N) is 1. The van der Waals surface area contributed by atoms with Crippen molar-refractivity contribution in [3.05, 3.63) is 16.0 Å². The number of rotatable bonds is 3. The normalized spacial score (nSPS) is 21.0. The van der Waals surface area contributed by atoms with Gasteiger partial charge >= 0.3 is 0 Å². The van der Waals surface area contributed by atoms with Crippen LogP contribution in [-0.4, -0.2) is 44.9 Å². The van der Waals surface area contributed by atoms with Crippen LogP contribution in [0.5, 0.6) is 0 Å². The van der Waals surface area contributed by atoms with Crippen molar-refractivity contribution >= 4 is 51.2 Å². The summed E-state index contributed by atoms with van der Waals surface area (Å²) in [4.78, 5) is 27.3. The van der Waals surface area contributed by atoms with E-state index in [0.29, 0.717) is 17.7 Å². The second-order valence-electron chi connectivity index (χ2n) is 6.49. The Bertz CT molecular complexity index is 793. The highest BCUT2D eigenvalue weighted by Crippen LogP contribution is 2.32. The lowest BCUT2D eigenvalue weighted by molar-refractivity contribution is -0.133. The summed E-state index contributed by atoms with van der Waals surface area (Å²) in [6, 6.07) is 0.191. The van der Waals surface area contributed by atoms with Crippen molar-refractivity contribution in [2.24, 2.45) is 5.92 Å². The van der Waals surface area contributed by atoms with Crippen LogP contribution in [-0.2, 0) is 4.79 Å². The molecule has 1 aliphatic heterocycles. The van der Waals surface area contributed by atoms with Crippen molar-refractivity contribution in [1.82, 2.24) is 19.9 Å². The quantitative estimate of drug-likeness (QED) is 0.712. The Labute approximate surface area is 153 Å².